The average Bonchev–Trinajstić information content (AvgIpc) is 2.85. The van der Waals surface area contributed by atoms with E-state index in [-0.39, 0.29) is 0 Å². The van der Waals surface area contributed by atoms with Gasteiger partial charge in [0.1, 0.15) is 11.6 Å². The molecule has 19 heavy (non-hydrogen) atoms. The lowest BCUT2D eigenvalue weighted by Crippen LogP contribution is -2.05. The van der Waals surface area contributed by atoms with Gasteiger partial charge in [-0.15, -0.1) is 10.2 Å². The number of anilines is 1. The number of benzene rings is 1. The minimum Gasteiger partial charge on any atom is -0.493 e. The molecule has 3 rings (SSSR count). The van der Waals surface area contributed by atoms with Crippen molar-refractivity contribution in [2.24, 2.45) is 0 Å². The zero-order valence-corrected chi connectivity index (χ0v) is 10.4. The van der Waals surface area contributed by atoms with Gasteiger partial charge in [0.15, 0.2) is 5.65 Å². The summed E-state index contributed by atoms with van der Waals surface area (Å²) in [7, 11) is 0. The van der Waals surface area contributed by atoms with Crippen molar-refractivity contribution in [2.75, 3.05) is 12.3 Å². The fraction of sp³-hybridized carbons (Fsp3) is 0.143. The normalized spacial score (nSPS) is 10.7. The van der Waals surface area contributed by atoms with Gasteiger partial charge < -0.3 is 10.5 Å². The van der Waals surface area contributed by atoms with E-state index < -0.39 is 0 Å². The molecule has 96 valence electrons. The molecule has 2 N–H and O–H groups in total. The van der Waals surface area contributed by atoms with Gasteiger partial charge in [0.05, 0.1) is 12.3 Å². The Labute approximate surface area is 110 Å². The standard InChI is InChI=1S/C14H14N4O/c15-12-7-4-9-18-13(16-17-14(12)18)8-10-19-11-5-2-1-3-6-11/h1-7,9H,8,10,15H2. The summed E-state index contributed by atoms with van der Waals surface area (Å²) < 4.78 is 7.54. The van der Waals surface area contributed by atoms with Gasteiger partial charge in [-0.25, -0.2) is 0 Å². The number of hydrogen-bond donors (Lipinski definition) is 1. The first-order chi connectivity index (χ1) is 9.34. The van der Waals surface area contributed by atoms with Crippen LogP contribution in [0.2, 0.25) is 0 Å². The van der Waals surface area contributed by atoms with Gasteiger partial charge in [0.25, 0.3) is 0 Å². The number of aromatic nitrogens is 3. The summed E-state index contributed by atoms with van der Waals surface area (Å²) in [5.74, 6) is 1.70. The molecule has 0 aliphatic heterocycles. The van der Waals surface area contributed by atoms with E-state index in [0.29, 0.717) is 24.4 Å². The van der Waals surface area contributed by atoms with E-state index in [9.17, 15) is 0 Å². The fourth-order valence-corrected chi connectivity index (χ4v) is 1.93. The number of fused-ring (bicyclic) bond motifs is 1. The molecule has 0 unspecified atom stereocenters. The topological polar surface area (TPSA) is 65.4 Å². The number of nitrogen functional groups attached to an aromatic ring is 1. The van der Waals surface area contributed by atoms with Crippen molar-refractivity contribution < 1.29 is 4.74 Å². The van der Waals surface area contributed by atoms with Crippen LogP contribution in [-0.2, 0) is 6.42 Å². The Morgan fingerprint density at radius 2 is 1.89 bits per heavy atom. The van der Waals surface area contributed by atoms with Crippen LogP contribution in [-0.4, -0.2) is 21.2 Å². The molecule has 0 saturated carbocycles. The van der Waals surface area contributed by atoms with Crippen LogP contribution in [0.15, 0.2) is 48.7 Å². The third-order valence-electron chi connectivity index (χ3n) is 2.87. The highest BCUT2D eigenvalue weighted by Crippen LogP contribution is 2.13. The Bertz CT molecular complexity index is 678. The Morgan fingerprint density at radius 3 is 2.74 bits per heavy atom. The third kappa shape index (κ3) is 2.35. The molecule has 5 nitrogen and oxygen atoms in total. The zero-order valence-electron chi connectivity index (χ0n) is 10.4. The van der Waals surface area contributed by atoms with Crippen LogP contribution >= 0.6 is 0 Å². The molecular formula is C14H14N4O. The minimum absolute atomic E-state index is 0.555. The Morgan fingerprint density at radius 1 is 1.05 bits per heavy atom. The van der Waals surface area contributed by atoms with Crippen LogP contribution in [0.3, 0.4) is 0 Å². The quantitative estimate of drug-likeness (QED) is 0.772. The highest BCUT2D eigenvalue weighted by Gasteiger charge is 2.07. The molecule has 0 aliphatic rings. The SMILES string of the molecule is Nc1cccn2c(CCOc3ccccc3)nnc12. The molecule has 0 aliphatic carbocycles. The Balaban J connectivity index is 1.71. The summed E-state index contributed by atoms with van der Waals surface area (Å²) in [6, 6.07) is 13.4. The first kappa shape index (κ1) is 11.5. The van der Waals surface area contributed by atoms with Gasteiger partial charge in [-0.05, 0) is 24.3 Å². The lowest BCUT2D eigenvalue weighted by Gasteiger charge is -2.05. The molecule has 0 amide bonds. The van der Waals surface area contributed by atoms with Gasteiger partial charge in [0, 0.05) is 12.6 Å². The van der Waals surface area contributed by atoms with E-state index in [0.717, 1.165) is 11.6 Å². The fourth-order valence-electron chi connectivity index (χ4n) is 1.93. The highest BCUT2D eigenvalue weighted by molar-refractivity contribution is 5.63. The van der Waals surface area contributed by atoms with Crippen molar-refractivity contribution in [3.63, 3.8) is 0 Å². The van der Waals surface area contributed by atoms with Gasteiger partial charge in [-0.2, -0.15) is 0 Å². The first-order valence-electron chi connectivity index (χ1n) is 6.10. The molecule has 1 aromatic carbocycles. The number of ether oxygens (including phenoxy) is 1. The van der Waals surface area contributed by atoms with Gasteiger partial charge in [-0.1, -0.05) is 18.2 Å². The molecule has 0 radical (unpaired) electrons. The predicted molar refractivity (Wildman–Crippen MR) is 73.0 cm³/mol. The number of para-hydroxylation sites is 1. The molecule has 0 bridgehead atoms. The second-order valence-corrected chi connectivity index (χ2v) is 4.18. The molecule has 0 atom stereocenters. The summed E-state index contributed by atoms with van der Waals surface area (Å²) in [5.41, 5.74) is 7.16. The van der Waals surface area contributed by atoms with E-state index in [1.807, 2.05) is 53.1 Å². The molecule has 0 fully saturated rings. The van der Waals surface area contributed by atoms with E-state index in [4.69, 9.17) is 10.5 Å². The number of pyridine rings is 1. The van der Waals surface area contributed by atoms with Crippen LogP contribution < -0.4 is 10.5 Å². The van der Waals surface area contributed by atoms with E-state index in [1.165, 1.54) is 0 Å². The summed E-state index contributed by atoms with van der Waals surface area (Å²) in [6.07, 6.45) is 2.59. The van der Waals surface area contributed by atoms with Gasteiger partial charge in [-0.3, -0.25) is 4.40 Å². The Hall–Kier alpha value is -2.56. The van der Waals surface area contributed by atoms with Gasteiger partial charge >= 0.3 is 0 Å². The molecule has 5 heteroatoms. The summed E-state index contributed by atoms with van der Waals surface area (Å²) in [4.78, 5) is 0. The molecule has 0 spiro atoms. The van der Waals surface area contributed by atoms with Crippen molar-refractivity contribution in [1.29, 1.82) is 0 Å². The molecule has 2 aromatic heterocycles. The van der Waals surface area contributed by atoms with Crippen LogP contribution in [0.1, 0.15) is 5.82 Å². The maximum absolute atomic E-state index is 5.83. The zero-order chi connectivity index (χ0) is 13.1. The third-order valence-corrected chi connectivity index (χ3v) is 2.87. The van der Waals surface area contributed by atoms with Crippen molar-refractivity contribution in [3.05, 3.63) is 54.5 Å². The van der Waals surface area contributed by atoms with Crippen molar-refractivity contribution in [2.45, 2.75) is 6.42 Å². The largest absolute Gasteiger partial charge is 0.493 e. The average molecular weight is 254 g/mol. The molecule has 2 heterocycles. The summed E-state index contributed by atoms with van der Waals surface area (Å²) in [5, 5.41) is 8.22. The monoisotopic (exact) mass is 254 g/mol. The first-order valence-corrected chi connectivity index (χ1v) is 6.10. The second-order valence-electron chi connectivity index (χ2n) is 4.18. The molecule has 3 aromatic rings. The van der Waals surface area contributed by atoms with Crippen molar-refractivity contribution in [3.8, 4) is 5.75 Å². The maximum Gasteiger partial charge on any atom is 0.183 e. The van der Waals surface area contributed by atoms with Gasteiger partial charge in [0.2, 0.25) is 0 Å². The van der Waals surface area contributed by atoms with E-state index in [1.54, 1.807) is 0 Å². The highest BCUT2D eigenvalue weighted by atomic mass is 16.5. The van der Waals surface area contributed by atoms with Crippen LogP contribution in [0, 0.1) is 0 Å². The minimum atomic E-state index is 0.555. The van der Waals surface area contributed by atoms with Crippen LogP contribution in [0.5, 0.6) is 5.75 Å². The summed E-state index contributed by atoms with van der Waals surface area (Å²) in [6.45, 7) is 0.555. The maximum atomic E-state index is 5.83. The molecular weight excluding hydrogens is 240 g/mol. The predicted octanol–water partition coefficient (Wildman–Crippen LogP) is 1.93. The number of hydrogen-bond acceptors (Lipinski definition) is 4. The summed E-state index contributed by atoms with van der Waals surface area (Å²) >= 11 is 0. The second kappa shape index (κ2) is 4.97. The van der Waals surface area contributed by atoms with E-state index in [2.05, 4.69) is 10.2 Å². The number of nitrogens with zero attached hydrogens (tertiary/aromatic N) is 3. The number of nitrogens with two attached hydrogens (primary N) is 1. The van der Waals surface area contributed by atoms with Crippen LogP contribution in [0.25, 0.3) is 5.65 Å². The lowest BCUT2D eigenvalue weighted by molar-refractivity contribution is 0.318. The van der Waals surface area contributed by atoms with Crippen LogP contribution in [0.4, 0.5) is 5.69 Å². The van der Waals surface area contributed by atoms with Crippen molar-refractivity contribution in [1.82, 2.24) is 14.6 Å². The lowest BCUT2D eigenvalue weighted by atomic mass is 10.3. The Kier molecular flexibility index (Phi) is 3.02. The van der Waals surface area contributed by atoms with E-state index >= 15 is 0 Å². The molecule has 0 saturated heterocycles. The van der Waals surface area contributed by atoms with Crippen molar-refractivity contribution >= 4 is 11.3 Å². The smallest absolute Gasteiger partial charge is 0.183 e. The number of rotatable bonds is 4.